The number of hydrogen-bond acceptors (Lipinski definition) is 7. The van der Waals surface area contributed by atoms with Crippen LogP contribution in [-0.2, 0) is 16.8 Å². The van der Waals surface area contributed by atoms with Gasteiger partial charge in [-0.1, -0.05) is 42.1 Å². The van der Waals surface area contributed by atoms with Crippen LogP contribution in [0.5, 0.6) is 5.75 Å². The second kappa shape index (κ2) is 7.51. The summed E-state index contributed by atoms with van der Waals surface area (Å²) in [6, 6.07) is 14.4. The number of fused-ring (bicyclic) bond motifs is 2. The van der Waals surface area contributed by atoms with E-state index in [1.165, 1.54) is 11.6 Å². The number of nitro benzene ring substituents is 1. The highest BCUT2D eigenvalue weighted by Crippen LogP contribution is 2.49. The number of anilines is 1. The Morgan fingerprint density at radius 2 is 2.10 bits per heavy atom. The third-order valence-corrected chi connectivity index (χ3v) is 5.92. The van der Waals surface area contributed by atoms with E-state index in [0.29, 0.717) is 18.9 Å². The first-order valence-corrected chi connectivity index (χ1v) is 9.97. The Bertz CT molecular complexity index is 1160. The molecule has 9 nitrogen and oxygen atoms in total. The third-order valence-electron chi connectivity index (χ3n) is 5.92. The lowest BCUT2D eigenvalue weighted by atomic mass is 9.74. The summed E-state index contributed by atoms with van der Waals surface area (Å²) in [6.07, 6.45) is 2.59. The van der Waals surface area contributed by atoms with Gasteiger partial charge in [-0.15, -0.1) is 5.10 Å². The Hall–Kier alpha value is -3.72. The van der Waals surface area contributed by atoms with Crippen molar-refractivity contribution in [2.24, 2.45) is 0 Å². The normalized spacial score (nSPS) is 22.2. The molecule has 2 aliphatic rings. The Morgan fingerprint density at radius 1 is 1.29 bits per heavy atom. The third kappa shape index (κ3) is 3.32. The molecule has 2 atom stereocenters. The molecule has 1 saturated heterocycles. The number of nitro groups is 1. The Kier molecular flexibility index (Phi) is 4.67. The molecule has 2 aromatic carbocycles. The van der Waals surface area contributed by atoms with Crippen LogP contribution in [0.3, 0.4) is 0 Å². The summed E-state index contributed by atoms with van der Waals surface area (Å²) >= 11 is 0. The monoisotopic (exact) mass is 419 g/mol. The van der Waals surface area contributed by atoms with E-state index >= 15 is 0 Å². The van der Waals surface area contributed by atoms with Crippen molar-refractivity contribution in [2.45, 2.75) is 24.5 Å². The van der Waals surface area contributed by atoms with E-state index in [2.05, 4.69) is 28.3 Å². The van der Waals surface area contributed by atoms with Gasteiger partial charge in [0, 0.05) is 17.5 Å². The van der Waals surface area contributed by atoms with Crippen molar-refractivity contribution in [1.82, 2.24) is 15.0 Å². The summed E-state index contributed by atoms with van der Waals surface area (Å²) in [5.74, 6) is 0.201. The molecule has 3 aromatic rings. The van der Waals surface area contributed by atoms with Crippen LogP contribution in [-0.4, -0.2) is 33.1 Å². The lowest BCUT2D eigenvalue weighted by Crippen LogP contribution is -2.41. The molecule has 0 radical (unpaired) electrons. The lowest BCUT2D eigenvalue weighted by Gasteiger charge is -2.38. The molecular weight excluding hydrogens is 398 g/mol. The van der Waals surface area contributed by atoms with Gasteiger partial charge in [0.1, 0.15) is 12.3 Å². The number of rotatable bonds is 5. The molecule has 1 aromatic heterocycles. The number of benzene rings is 2. The highest BCUT2D eigenvalue weighted by Gasteiger charge is 2.47. The standard InChI is InChI=1S/C22H21N5O4/c1-15-22(18-6-2-3-7-19(18)23-15)10-17(13-30-14-22)26-11-16(24-25-26)12-31-21-9-5-4-8-20(21)27(28)29/h2-9,11,17,23H,1,10,12-14H2. The van der Waals surface area contributed by atoms with Gasteiger partial charge in [0.2, 0.25) is 0 Å². The maximum atomic E-state index is 11.1. The Balaban J connectivity index is 1.33. The number of aromatic nitrogens is 3. The molecule has 3 heterocycles. The average Bonchev–Trinajstić information content (AvgIpc) is 3.36. The molecule has 9 heteroatoms. The van der Waals surface area contributed by atoms with Crippen LogP contribution < -0.4 is 10.1 Å². The summed E-state index contributed by atoms with van der Waals surface area (Å²) in [5.41, 5.74) is 3.37. The van der Waals surface area contributed by atoms with Crippen molar-refractivity contribution in [3.8, 4) is 5.75 Å². The van der Waals surface area contributed by atoms with E-state index in [1.54, 1.807) is 29.1 Å². The second-order valence-electron chi connectivity index (χ2n) is 7.81. The van der Waals surface area contributed by atoms with Crippen molar-refractivity contribution >= 4 is 11.4 Å². The molecule has 5 rings (SSSR count). The van der Waals surface area contributed by atoms with Crippen molar-refractivity contribution in [1.29, 1.82) is 0 Å². The predicted molar refractivity (Wildman–Crippen MR) is 113 cm³/mol. The topological polar surface area (TPSA) is 104 Å². The SMILES string of the molecule is C=C1Nc2ccccc2C12COCC(n1cc(COc3ccccc3[N+](=O)[O-])nn1)C2. The molecule has 0 bridgehead atoms. The van der Waals surface area contributed by atoms with Crippen molar-refractivity contribution in [3.63, 3.8) is 0 Å². The zero-order chi connectivity index (χ0) is 21.4. The first kappa shape index (κ1) is 19.3. The van der Waals surface area contributed by atoms with Crippen LogP contribution in [0.1, 0.15) is 23.7 Å². The van der Waals surface area contributed by atoms with E-state index < -0.39 is 4.92 Å². The molecule has 0 aliphatic carbocycles. The van der Waals surface area contributed by atoms with Crippen LogP contribution >= 0.6 is 0 Å². The smallest absolute Gasteiger partial charge is 0.310 e. The number of nitrogens with zero attached hydrogens (tertiary/aromatic N) is 4. The van der Waals surface area contributed by atoms with Crippen LogP contribution in [0.25, 0.3) is 0 Å². The highest BCUT2D eigenvalue weighted by atomic mass is 16.6. The summed E-state index contributed by atoms with van der Waals surface area (Å²) in [4.78, 5) is 10.7. The fraction of sp³-hybridized carbons (Fsp3) is 0.273. The van der Waals surface area contributed by atoms with Crippen LogP contribution in [0.2, 0.25) is 0 Å². The summed E-state index contributed by atoms with van der Waals surface area (Å²) in [7, 11) is 0. The van der Waals surface area contributed by atoms with Gasteiger partial charge in [-0.25, -0.2) is 4.68 Å². The number of nitrogens with one attached hydrogen (secondary N) is 1. The minimum Gasteiger partial charge on any atom is -0.480 e. The van der Waals surface area contributed by atoms with Gasteiger partial charge in [0.05, 0.1) is 35.8 Å². The van der Waals surface area contributed by atoms with Crippen molar-refractivity contribution in [3.05, 3.63) is 88.4 Å². The van der Waals surface area contributed by atoms with Gasteiger partial charge in [-0.05, 0) is 24.1 Å². The number of para-hydroxylation sites is 3. The molecule has 31 heavy (non-hydrogen) atoms. The van der Waals surface area contributed by atoms with Crippen molar-refractivity contribution < 1.29 is 14.4 Å². The van der Waals surface area contributed by atoms with Crippen LogP contribution in [0, 0.1) is 10.1 Å². The minimum absolute atomic E-state index is 0.0224. The zero-order valence-corrected chi connectivity index (χ0v) is 16.7. The van der Waals surface area contributed by atoms with Crippen LogP contribution in [0.4, 0.5) is 11.4 Å². The van der Waals surface area contributed by atoms with Gasteiger partial charge in [0.25, 0.3) is 0 Å². The largest absolute Gasteiger partial charge is 0.480 e. The summed E-state index contributed by atoms with van der Waals surface area (Å²) < 4.78 is 13.4. The second-order valence-corrected chi connectivity index (χ2v) is 7.81. The molecule has 0 amide bonds. The zero-order valence-electron chi connectivity index (χ0n) is 16.7. The fourth-order valence-electron chi connectivity index (χ4n) is 4.35. The molecule has 1 fully saturated rings. The lowest BCUT2D eigenvalue weighted by molar-refractivity contribution is -0.385. The van der Waals surface area contributed by atoms with Gasteiger partial charge in [-0.3, -0.25) is 10.1 Å². The van der Waals surface area contributed by atoms with E-state index in [4.69, 9.17) is 9.47 Å². The minimum atomic E-state index is -0.467. The summed E-state index contributed by atoms with van der Waals surface area (Å²) in [6.45, 7) is 5.42. The van der Waals surface area contributed by atoms with E-state index in [-0.39, 0.29) is 29.5 Å². The molecular formula is C22H21N5O4. The molecule has 158 valence electrons. The first-order valence-electron chi connectivity index (χ1n) is 9.97. The van der Waals surface area contributed by atoms with Gasteiger partial charge >= 0.3 is 5.69 Å². The predicted octanol–water partition coefficient (Wildman–Crippen LogP) is 3.60. The molecule has 0 saturated carbocycles. The van der Waals surface area contributed by atoms with E-state index in [1.807, 2.05) is 18.2 Å². The first-order chi connectivity index (χ1) is 15.1. The molecule has 2 unspecified atom stereocenters. The van der Waals surface area contributed by atoms with Crippen molar-refractivity contribution in [2.75, 3.05) is 18.5 Å². The maximum Gasteiger partial charge on any atom is 0.310 e. The van der Waals surface area contributed by atoms with Gasteiger partial charge < -0.3 is 14.8 Å². The maximum absolute atomic E-state index is 11.1. The van der Waals surface area contributed by atoms with Crippen LogP contribution in [0.15, 0.2) is 67.0 Å². The molecule has 1 spiro atoms. The Morgan fingerprint density at radius 3 is 2.97 bits per heavy atom. The number of hydrogen-bond donors (Lipinski definition) is 1. The van der Waals surface area contributed by atoms with Gasteiger partial charge in [-0.2, -0.15) is 0 Å². The van der Waals surface area contributed by atoms with E-state index in [0.717, 1.165) is 17.8 Å². The fourth-order valence-corrected chi connectivity index (χ4v) is 4.35. The highest BCUT2D eigenvalue weighted by molar-refractivity contribution is 5.68. The molecule has 2 aliphatic heterocycles. The van der Waals surface area contributed by atoms with Gasteiger partial charge in [0.15, 0.2) is 5.75 Å². The Labute approximate surface area is 178 Å². The quantitative estimate of drug-likeness (QED) is 0.498. The summed E-state index contributed by atoms with van der Waals surface area (Å²) in [5, 5.41) is 23.0. The van der Waals surface area contributed by atoms with E-state index in [9.17, 15) is 10.1 Å². The average molecular weight is 419 g/mol. The number of ether oxygens (including phenoxy) is 2. The molecule has 1 N–H and O–H groups in total.